The largest absolute Gasteiger partial charge is 0.456 e. The maximum atomic E-state index is 6.14. The van der Waals surface area contributed by atoms with E-state index in [2.05, 4.69) is 341 Å². The molecule has 0 unspecified atom stereocenters. The number of aromatic nitrogens is 8. The van der Waals surface area contributed by atoms with Gasteiger partial charge in [0.15, 0.2) is 5.58 Å². The highest BCUT2D eigenvalue weighted by molar-refractivity contribution is 6.18. The molecule has 10 aromatic heterocycles. The Kier molecular flexibility index (Phi) is 11.8. The molecule has 484 valence electrons. The van der Waals surface area contributed by atoms with Crippen molar-refractivity contribution in [1.29, 1.82) is 0 Å². The smallest absolute Gasteiger partial charge is 0.153 e. The van der Waals surface area contributed by atoms with Gasteiger partial charge in [0.1, 0.15) is 22.3 Å². The molecule has 10 heterocycles. The highest BCUT2D eigenvalue weighted by Gasteiger charge is 2.23. The van der Waals surface area contributed by atoms with Gasteiger partial charge in [-0.25, -0.2) is 0 Å². The van der Waals surface area contributed by atoms with Crippen LogP contribution in [0.3, 0.4) is 0 Å². The first-order valence-corrected chi connectivity index (χ1v) is 35.3. The summed E-state index contributed by atoms with van der Waals surface area (Å²) in [6, 6.07) is 116. The molecule has 0 saturated heterocycles. The lowest BCUT2D eigenvalue weighted by Gasteiger charge is -2.11. The fourth-order valence-corrected chi connectivity index (χ4v) is 17.4. The molecule has 0 fully saturated rings. The highest BCUT2D eigenvalue weighted by atomic mass is 16.3. The van der Waals surface area contributed by atoms with Gasteiger partial charge < -0.3 is 36.2 Å². The summed E-state index contributed by atoms with van der Waals surface area (Å²) >= 11 is 0. The number of pyridine rings is 2. The molecule has 0 amide bonds. The Morgan fingerprint density at radius 3 is 0.788 bits per heavy atom. The van der Waals surface area contributed by atoms with E-state index in [0.717, 1.165) is 100 Å². The van der Waals surface area contributed by atoms with Gasteiger partial charge >= 0.3 is 0 Å². The predicted octanol–water partition coefficient (Wildman–Crippen LogP) is 24.5. The first-order chi connectivity index (χ1) is 51.6. The van der Waals surface area contributed by atoms with Crippen LogP contribution in [0.15, 0.2) is 349 Å². The van der Waals surface area contributed by atoms with Crippen LogP contribution in [0, 0.1) is 0 Å². The Labute approximate surface area is 591 Å². The molecule has 24 rings (SSSR count). The first kappa shape index (κ1) is 56.6. The van der Waals surface area contributed by atoms with Gasteiger partial charge in [-0.1, -0.05) is 146 Å². The summed E-state index contributed by atoms with van der Waals surface area (Å²) in [7, 11) is 0. The van der Waals surface area contributed by atoms with Crippen molar-refractivity contribution >= 4 is 175 Å². The van der Waals surface area contributed by atoms with Crippen LogP contribution in [0.25, 0.3) is 209 Å². The monoisotopic (exact) mass is 1330 g/mol. The Balaban J connectivity index is 0.000000127. The van der Waals surface area contributed by atoms with Crippen molar-refractivity contribution in [2.75, 3.05) is 0 Å². The minimum absolute atomic E-state index is 0.801. The molecule has 0 N–H and O–H groups in total. The molecule has 0 aliphatic carbocycles. The average Bonchev–Trinajstić information content (AvgIpc) is 1.58. The van der Waals surface area contributed by atoms with Crippen LogP contribution in [0.5, 0.6) is 0 Å². The molecule has 24 aromatic rings. The van der Waals surface area contributed by atoms with Gasteiger partial charge in [0.05, 0.1) is 66.2 Å². The third kappa shape index (κ3) is 8.09. The zero-order valence-corrected chi connectivity index (χ0v) is 55.7. The third-order valence-corrected chi connectivity index (χ3v) is 21.8. The lowest BCUT2D eigenvalue weighted by Crippen LogP contribution is -1.96. The number of benzene rings is 14. The number of nitrogens with zero attached hydrogens (tertiary/aromatic N) is 8. The van der Waals surface area contributed by atoms with Gasteiger partial charge in [-0.05, 0) is 176 Å². The number of para-hydroxylation sites is 8. The Morgan fingerprint density at radius 1 is 0.183 bits per heavy atom. The third-order valence-electron chi connectivity index (χ3n) is 21.8. The van der Waals surface area contributed by atoms with Crippen LogP contribution >= 0.6 is 0 Å². The van der Waals surface area contributed by atoms with Crippen molar-refractivity contribution in [2.45, 2.75) is 0 Å². The Bertz CT molecular complexity index is 7210. The molecule has 10 nitrogen and oxygen atoms in total. The predicted molar refractivity (Wildman–Crippen MR) is 429 cm³/mol. The van der Waals surface area contributed by atoms with Crippen LogP contribution in [-0.2, 0) is 0 Å². The fraction of sp³-hybridized carbons (Fsp3) is 0. The van der Waals surface area contributed by atoms with Gasteiger partial charge in [0.2, 0.25) is 0 Å². The molecule has 10 heteroatoms. The summed E-state index contributed by atoms with van der Waals surface area (Å²) in [5.74, 6) is 0. The van der Waals surface area contributed by atoms with Crippen LogP contribution in [-0.4, -0.2) is 37.4 Å². The van der Waals surface area contributed by atoms with Crippen LogP contribution in [0.1, 0.15) is 0 Å². The SMILES string of the molecule is c1ccc2c(c1)c1ccccc1n2-c1ccc2c(c1)c1ccccc1n2-c1ccc2c(c1)c1ccccc1n2-c1ccc2oc3ccncc3c2c1.c1cnc2c(c1)oc1ccc(-n3c4ccccc4c4cc(-n5c6ccccc6c6cc(-n7c8ccccc8c8ccccc87)ccc65)ccc43)cc12. The molecule has 0 saturated carbocycles. The molecular weight excluding hydrogens is 1270 g/mol. The van der Waals surface area contributed by atoms with Crippen LogP contribution in [0.4, 0.5) is 0 Å². The van der Waals surface area contributed by atoms with E-state index in [4.69, 9.17) is 8.83 Å². The second-order valence-corrected chi connectivity index (χ2v) is 27.2. The topological polar surface area (TPSA) is 81.6 Å². The van der Waals surface area contributed by atoms with Crippen LogP contribution in [0.2, 0.25) is 0 Å². The van der Waals surface area contributed by atoms with Gasteiger partial charge in [0.25, 0.3) is 0 Å². The summed E-state index contributed by atoms with van der Waals surface area (Å²) in [5.41, 5.74) is 25.2. The second-order valence-electron chi connectivity index (χ2n) is 27.2. The first-order valence-electron chi connectivity index (χ1n) is 35.3. The Hall–Kier alpha value is -14.2. The zero-order chi connectivity index (χ0) is 67.8. The van der Waals surface area contributed by atoms with E-state index in [1.807, 2.05) is 30.6 Å². The van der Waals surface area contributed by atoms with Crippen molar-refractivity contribution < 1.29 is 8.83 Å². The minimum Gasteiger partial charge on any atom is -0.456 e. The zero-order valence-electron chi connectivity index (χ0n) is 55.7. The van der Waals surface area contributed by atoms with E-state index in [0.29, 0.717) is 0 Å². The van der Waals surface area contributed by atoms with Crippen molar-refractivity contribution in [3.63, 3.8) is 0 Å². The van der Waals surface area contributed by atoms with E-state index in [1.54, 1.807) is 6.20 Å². The van der Waals surface area contributed by atoms with E-state index in [1.165, 1.54) is 109 Å². The van der Waals surface area contributed by atoms with Crippen molar-refractivity contribution in [1.82, 2.24) is 37.4 Å². The number of hydrogen-bond acceptors (Lipinski definition) is 4. The number of furan rings is 2. The number of fused-ring (bicyclic) bond motifs is 24. The van der Waals surface area contributed by atoms with Gasteiger partial charge in [-0.15, -0.1) is 0 Å². The summed E-state index contributed by atoms with van der Waals surface area (Å²) < 4.78 is 26.6. The van der Waals surface area contributed by atoms with Crippen molar-refractivity contribution in [2.24, 2.45) is 0 Å². The van der Waals surface area contributed by atoms with Gasteiger partial charge in [-0.2, -0.15) is 0 Å². The van der Waals surface area contributed by atoms with E-state index in [-0.39, 0.29) is 0 Å². The van der Waals surface area contributed by atoms with E-state index < -0.39 is 0 Å². The maximum absolute atomic E-state index is 6.14. The summed E-state index contributed by atoms with van der Waals surface area (Å²) in [6.07, 6.45) is 5.49. The van der Waals surface area contributed by atoms with Crippen LogP contribution < -0.4 is 0 Å². The van der Waals surface area contributed by atoms with E-state index >= 15 is 0 Å². The number of hydrogen-bond donors (Lipinski definition) is 0. The lowest BCUT2D eigenvalue weighted by molar-refractivity contribution is 0.668. The minimum atomic E-state index is 0.801. The van der Waals surface area contributed by atoms with Gasteiger partial charge in [0, 0.05) is 134 Å². The average molecular weight is 1330 g/mol. The van der Waals surface area contributed by atoms with Crippen molar-refractivity contribution in [3.05, 3.63) is 340 Å². The highest BCUT2D eigenvalue weighted by Crippen LogP contribution is 2.44. The summed E-state index contributed by atoms with van der Waals surface area (Å²) in [5, 5.41) is 17.9. The quantitative estimate of drug-likeness (QED) is 0.166. The summed E-state index contributed by atoms with van der Waals surface area (Å²) in [4.78, 5) is 9.02. The fourth-order valence-electron chi connectivity index (χ4n) is 17.4. The summed E-state index contributed by atoms with van der Waals surface area (Å²) in [6.45, 7) is 0. The molecule has 104 heavy (non-hydrogen) atoms. The Morgan fingerprint density at radius 2 is 0.442 bits per heavy atom. The molecular formula is C94H56N8O2. The van der Waals surface area contributed by atoms with Crippen molar-refractivity contribution in [3.8, 4) is 34.1 Å². The molecule has 0 aliphatic heterocycles. The second kappa shape index (κ2) is 21.6. The normalized spacial score (nSPS) is 12.2. The lowest BCUT2D eigenvalue weighted by atomic mass is 10.1. The number of rotatable bonds is 6. The maximum Gasteiger partial charge on any atom is 0.153 e. The molecule has 0 atom stereocenters. The molecule has 0 radical (unpaired) electrons. The molecule has 0 spiro atoms. The van der Waals surface area contributed by atoms with Gasteiger partial charge in [-0.3, -0.25) is 9.97 Å². The van der Waals surface area contributed by atoms with E-state index in [9.17, 15) is 0 Å². The standard InChI is InChI=1S/2C47H28N4O/c1-5-14-39-32(10-1)33-11-2-6-15-40(33)49(39)29-19-22-43-36(26-29)34-12-3-7-16-41(34)50(43)30-20-23-44-37(27-30)35-13-4-8-17-42(35)51(44)31-21-24-45-38(28-31)47-46(52-45)18-9-25-48-47;1-5-13-40-32(9-1)33-10-2-6-14-41(33)49(40)29-17-20-44-36(25-29)34-11-3-7-15-42(34)50(44)30-18-21-45-37(26-30)35-12-4-8-16-43(35)51(45)31-19-22-46-38(27-31)39-28-48-24-23-47(39)52-46/h2*1-28H. The molecule has 0 bridgehead atoms. The molecule has 0 aliphatic rings. The molecule has 14 aromatic carbocycles.